The van der Waals surface area contributed by atoms with Crippen molar-refractivity contribution >= 4 is 5.97 Å². The van der Waals surface area contributed by atoms with E-state index < -0.39 is 0 Å². The van der Waals surface area contributed by atoms with E-state index >= 15 is 0 Å². The molecule has 0 aliphatic heterocycles. The van der Waals surface area contributed by atoms with E-state index in [1.54, 1.807) is 0 Å². The summed E-state index contributed by atoms with van der Waals surface area (Å²) in [6, 6.07) is 0. The van der Waals surface area contributed by atoms with Gasteiger partial charge in [0.15, 0.2) is 6.29 Å². The summed E-state index contributed by atoms with van der Waals surface area (Å²) in [4.78, 5) is 11.9. The summed E-state index contributed by atoms with van der Waals surface area (Å²) in [5, 5.41) is 0. The Morgan fingerprint density at radius 2 is 2.11 bits per heavy atom. The predicted octanol–water partition coefficient (Wildman–Crippen LogP) is 2.75. The van der Waals surface area contributed by atoms with Gasteiger partial charge in [-0.05, 0) is 38.5 Å². The fourth-order valence-corrected chi connectivity index (χ4v) is 2.63. The molecule has 0 heterocycles. The number of ether oxygens (including phenoxy) is 3. The maximum Gasteiger partial charge on any atom is 0.311 e. The minimum Gasteiger partial charge on any atom is -0.469 e. The lowest BCUT2D eigenvalue weighted by Crippen LogP contribution is -2.42. The maximum absolute atomic E-state index is 11.9. The smallest absolute Gasteiger partial charge is 0.311 e. The van der Waals surface area contributed by atoms with Gasteiger partial charge in [-0.15, -0.1) is 0 Å². The molecule has 106 valence electrons. The van der Waals surface area contributed by atoms with Crippen LogP contribution in [-0.2, 0) is 19.0 Å². The monoisotopic (exact) mass is 258 g/mol. The zero-order valence-electron chi connectivity index (χ0n) is 12.2. The number of methoxy groups -OCH3 is 1. The Balaban J connectivity index is 2.66. The Morgan fingerprint density at radius 1 is 1.44 bits per heavy atom. The summed E-state index contributed by atoms with van der Waals surface area (Å²) >= 11 is 0. The van der Waals surface area contributed by atoms with Crippen molar-refractivity contribution in [3.8, 4) is 0 Å². The summed E-state index contributed by atoms with van der Waals surface area (Å²) in [6.07, 6.45) is 2.39. The largest absolute Gasteiger partial charge is 0.469 e. The molecule has 0 N–H and O–H groups in total. The summed E-state index contributed by atoms with van der Waals surface area (Å²) in [7, 11) is 1.44. The molecule has 4 nitrogen and oxygen atoms in total. The lowest BCUT2D eigenvalue weighted by atomic mass is 9.71. The Bertz CT molecular complexity index is 275. The first-order valence-electron chi connectivity index (χ1n) is 6.74. The Morgan fingerprint density at radius 3 is 2.67 bits per heavy atom. The van der Waals surface area contributed by atoms with Crippen LogP contribution in [-0.4, -0.2) is 32.1 Å². The minimum atomic E-state index is -0.270. The molecule has 0 aromatic heterocycles. The van der Waals surface area contributed by atoms with Crippen LogP contribution < -0.4 is 0 Å². The maximum atomic E-state index is 11.9. The molecule has 3 unspecified atom stereocenters. The number of hydrogen-bond acceptors (Lipinski definition) is 4. The van der Waals surface area contributed by atoms with Gasteiger partial charge in [-0.1, -0.05) is 13.8 Å². The van der Waals surface area contributed by atoms with Crippen LogP contribution in [0.5, 0.6) is 0 Å². The molecule has 0 amide bonds. The first-order valence-corrected chi connectivity index (χ1v) is 6.74. The van der Waals surface area contributed by atoms with Crippen molar-refractivity contribution in [3.05, 3.63) is 0 Å². The molecule has 4 heteroatoms. The molecule has 0 aromatic rings. The van der Waals surface area contributed by atoms with Crippen LogP contribution in [0.15, 0.2) is 0 Å². The Labute approximate surface area is 110 Å². The third-order valence-electron chi connectivity index (χ3n) is 3.60. The highest BCUT2D eigenvalue weighted by Gasteiger charge is 2.40. The van der Waals surface area contributed by atoms with Gasteiger partial charge in [0.05, 0.1) is 19.1 Å². The van der Waals surface area contributed by atoms with E-state index in [1.807, 2.05) is 13.8 Å². The quantitative estimate of drug-likeness (QED) is 0.562. The molecular weight excluding hydrogens is 232 g/mol. The number of hydrogen-bond donors (Lipinski definition) is 0. The van der Waals surface area contributed by atoms with Gasteiger partial charge in [0.1, 0.15) is 0 Å². The van der Waals surface area contributed by atoms with Crippen LogP contribution in [0.2, 0.25) is 0 Å². The summed E-state index contributed by atoms with van der Waals surface area (Å²) in [5.41, 5.74) is 0.174. The highest BCUT2D eigenvalue weighted by molar-refractivity contribution is 5.73. The van der Waals surface area contributed by atoms with Gasteiger partial charge in [0.25, 0.3) is 0 Å². The highest BCUT2D eigenvalue weighted by atomic mass is 16.7. The van der Waals surface area contributed by atoms with E-state index in [-0.39, 0.29) is 29.7 Å². The Kier molecular flexibility index (Phi) is 5.60. The van der Waals surface area contributed by atoms with Crippen molar-refractivity contribution in [2.24, 2.45) is 11.3 Å². The van der Waals surface area contributed by atoms with Crippen molar-refractivity contribution < 1.29 is 19.0 Å². The van der Waals surface area contributed by atoms with Gasteiger partial charge >= 0.3 is 5.97 Å². The SMILES string of the molecule is CCOC(C)OC1CCC(C)(C)CC1C(=O)OC. The first kappa shape index (κ1) is 15.4. The molecular formula is C14H26O4. The first-order chi connectivity index (χ1) is 8.39. The number of carbonyl (C=O) groups is 1. The minimum absolute atomic E-state index is 0.0907. The topological polar surface area (TPSA) is 44.8 Å². The average molecular weight is 258 g/mol. The normalized spacial score (nSPS) is 28.7. The lowest BCUT2D eigenvalue weighted by molar-refractivity contribution is -0.192. The third-order valence-corrected chi connectivity index (χ3v) is 3.60. The summed E-state index contributed by atoms with van der Waals surface area (Å²) in [5.74, 6) is -0.349. The van der Waals surface area contributed by atoms with Crippen LogP contribution in [0, 0.1) is 11.3 Å². The molecule has 18 heavy (non-hydrogen) atoms. The third kappa shape index (κ3) is 4.25. The second kappa shape index (κ2) is 6.53. The van der Waals surface area contributed by atoms with Crippen LogP contribution in [0.25, 0.3) is 0 Å². The van der Waals surface area contributed by atoms with Crippen LogP contribution in [0.4, 0.5) is 0 Å². The number of carbonyl (C=O) groups excluding carboxylic acids is 1. The van der Waals surface area contributed by atoms with Crippen LogP contribution in [0.3, 0.4) is 0 Å². The van der Waals surface area contributed by atoms with Crippen molar-refractivity contribution in [1.29, 1.82) is 0 Å². The van der Waals surface area contributed by atoms with Crippen molar-refractivity contribution in [3.63, 3.8) is 0 Å². The van der Waals surface area contributed by atoms with Crippen molar-refractivity contribution in [1.82, 2.24) is 0 Å². The van der Waals surface area contributed by atoms with E-state index in [4.69, 9.17) is 14.2 Å². The molecule has 3 atom stereocenters. The van der Waals surface area contributed by atoms with E-state index in [0.717, 1.165) is 19.3 Å². The van der Waals surface area contributed by atoms with Crippen molar-refractivity contribution in [2.45, 2.75) is 59.4 Å². The van der Waals surface area contributed by atoms with Crippen LogP contribution >= 0.6 is 0 Å². The molecule has 0 saturated heterocycles. The number of esters is 1. The van der Waals surface area contributed by atoms with Gasteiger partial charge in [-0.3, -0.25) is 4.79 Å². The zero-order chi connectivity index (χ0) is 13.8. The van der Waals surface area contributed by atoms with E-state index in [1.165, 1.54) is 7.11 Å². The average Bonchev–Trinajstić information content (AvgIpc) is 2.30. The van der Waals surface area contributed by atoms with E-state index in [9.17, 15) is 4.79 Å². The summed E-state index contributed by atoms with van der Waals surface area (Å²) < 4.78 is 16.1. The number of rotatable bonds is 5. The van der Waals surface area contributed by atoms with Gasteiger partial charge < -0.3 is 14.2 Å². The second-order valence-corrected chi connectivity index (χ2v) is 5.73. The fourth-order valence-electron chi connectivity index (χ4n) is 2.63. The van der Waals surface area contributed by atoms with Crippen molar-refractivity contribution in [2.75, 3.05) is 13.7 Å². The molecule has 1 fully saturated rings. The van der Waals surface area contributed by atoms with E-state index in [0.29, 0.717) is 6.61 Å². The van der Waals surface area contributed by atoms with Crippen LogP contribution in [0.1, 0.15) is 47.0 Å². The molecule has 1 aliphatic carbocycles. The molecule has 1 aliphatic rings. The molecule has 0 bridgehead atoms. The highest BCUT2D eigenvalue weighted by Crippen LogP contribution is 2.40. The van der Waals surface area contributed by atoms with Gasteiger partial charge in [-0.2, -0.15) is 0 Å². The lowest BCUT2D eigenvalue weighted by Gasteiger charge is -2.39. The van der Waals surface area contributed by atoms with Gasteiger partial charge in [0, 0.05) is 6.61 Å². The molecule has 0 radical (unpaired) electrons. The fraction of sp³-hybridized carbons (Fsp3) is 0.929. The second-order valence-electron chi connectivity index (χ2n) is 5.73. The molecule has 0 aromatic carbocycles. The Hall–Kier alpha value is -0.610. The standard InChI is InChI=1S/C14H26O4/c1-6-17-10(2)18-12-7-8-14(3,4)9-11(12)13(15)16-5/h10-12H,6-9H2,1-5H3. The summed E-state index contributed by atoms with van der Waals surface area (Å²) in [6.45, 7) is 8.79. The zero-order valence-corrected chi connectivity index (χ0v) is 12.2. The van der Waals surface area contributed by atoms with Gasteiger partial charge in [-0.25, -0.2) is 0 Å². The predicted molar refractivity (Wildman–Crippen MR) is 69.1 cm³/mol. The molecule has 1 saturated carbocycles. The van der Waals surface area contributed by atoms with E-state index in [2.05, 4.69) is 13.8 Å². The van der Waals surface area contributed by atoms with Gasteiger partial charge in [0.2, 0.25) is 0 Å². The molecule has 1 rings (SSSR count). The molecule has 0 spiro atoms.